The first-order valence-electron chi connectivity index (χ1n) is 4.73. The molecule has 1 amide bonds. The van der Waals surface area contributed by atoms with Crippen LogP contribution in [0.5, 0.6) is 0 Å². The molecular weight excluding hydrogens is 152 g/mol. The molecule has 1 atom stereocenters. The van der Waals surface area contributed by atoms with E-state index in [-0.39, 0.29) is 11.9 Å². The minimum atomic E-state index is -0.263. The summed E-state index contributed by atoms with van der Waals surface area (Å²) in [7, 11) is 0. The van der Waals surface area contributed by atoms with Crippen molar-refractivity contribution < 1.29 is 4.79 Å². The van der Waals surface area contributed by atoms with Crippen LogP contribution in [-0.4, -0.2) is 18.5 Å². The zero-order valence-electron chi connectivity index (χ0n) is 7.68. The molecule has 1 rings (SSSR count). The number of rotatable bonds is 6. The lowest BCUT2D eigenvalue weighted by Gasteiger charge is -2.08. The van der Waals surface area contributed by atoms with Crippen LogP contribution >= 0.6 is 0 Å². The molecular formula is C9H18N2O. The molecule has 12 heavy (non-hydrogen) atoms. The van der Waals surface area contributed by atoms with Gasteiger partial charge in [0.1, 0.15) is 0 Å². The van der Waals surface area contributed by atoms with E-state index in [2.05, 4.69) is 5.32 Å². The minimum Gasteiger partial charge on any atom is -0.368 e. The SMILES string of the molecule is CC(NCCCC1CC1)C(N)=O. The van der Waals surface area contributed by atoms with Gasteiger partial charge < -0.3 is 11.1 Å². The molecule has 0 saturated heterocycles. The maximum Gasteiger partial charge on any atom is 0.234 e. The predicted molar refractivity (Wildman–Crippen MR) is 48.6 cm³/mol. The molecule has 0 aromatic rings. The normalized spacial score (nSPS) is 19.1. The number of carbonyl (C=O) groups excluding carboxylic acids is 1. The third kappa shape index (κ3) is 3.72. The first kappa shape index (κ1) is 9.52. The van der Waals surface area contributed by atoms with E-state index in [0.29, 0.717) is 0 Å². The van der Waals surface area contributed by atoms with Crippen molar-refractivity contribution >= 4 is 5.91 Å². The van der Waals surface area contributed by atoms with Gasteiger partial charge in [-0.05, 0) is 32.2 Å². The monoisotopic (exact) mass is 170 g/mol. The van der Waals surface area contributed by atoms with Crippen LogP contribution in [-0.2, 0) is 4.79 Å². The van der Waals surface area contributed by atoms with E-state index >= 15 is 0 Å². The van der Waals surface area contributed by atoms with Gasteiger partial charge in [0.05, 0.1) is 6.04 Å². The van der Waals surface area contributed by atoms with Gasteiger partial charge in [-0.2, -0.15) is 0 Å². The van der Waals surface area contributed by atoms with E-state index < -0.39 is 0 Å². The summed E-state index contributed by atoms with van der Waals surface area (Å²) in [6, 6.07) is -0.177. The standard InChI is InChI=1S/C9H18N2O/c1-7(9(10)12)11-6-2-3-8-4-5-8/h7-8,11H,2-6H2,1H3,(H2,10,12). The van der Waals surface area contributed by atoms with E-state index in [9.17, 15) is 4.79 Å². The Balaban J connectivity index is 1.89. The van der Waals surface area contributed by atoms with Gasteiger partial charge in [-0.3, -0.25) is 4.79 Å². The third-order valence-electron chi connectivity index (χ3n) is 2.36. The van der Waals surface area contributed by atoms with Crippen molar-refractivity contribution in [2.24, 2.45) is 11.7 Å². The van der Waals surface area contributed by atoms with Crippen LogP contribution < -0.4 is 11.1 Å². The Hall–Kier alpha value is -0.570. The third-order valence-corrected chi connectivity index (χ3v) is 2.36. The molecule has 0 radical (unpaired) electrons. The lowest BCUT2D eigenvalue weighted by atomic mass is 10.2. The second-order valence-electron chi connectivity index (χ2n) is 3.66. The molecule has 1 unspecified atom stereocenters. The highest BCUT2D eigenvalue weighted by molar-refractivity contribution is 5.79. The van der Waals surface area contributed by atoms with Crippen molar-refractivity contribution in [3.05, 3.63) is 0 Å². The van der Waals surface area contributed by atoms with Crippen LogP contribution in [0, 0.1) is 5.92 Å². The van der Waals surface area contributed by atoms with E-state index in [0.717, 1.165) is 12.5 Å². The van der Waals surface area contributed by atoms with Gasteiger partial charge in [0, 0.05) is 0 Å². The Morgan fingerprint density at radius 2 is 2.33 bits per heavy atom. The molecule has 3 N–H and O–H groups in total. The van der Waals surface area contributed by atoms with Crippen molar-refractivity contribution in [2.75, 3.05) is 6.54 Å². The van der Waals surface area contributed by atoms with Gasteiger partial charge in [0.15, 0.2) is 0 Å². The Kier molecular flexibility index (Phi) is 3.53. The number of nitrogens with one attached hydrogen (secondary N) is 1. The fraction of sp³-hybridized carbons (Fsp3) is 0.889. The molecule has 3 heteroatoms. The molecule has 0 aliphatic heterocycles. The summed E-state index contributed by atoms with van der Waals surface area (Å²) < 4.78 is 0. The number of nitrogens with two attached hydrogens (primary N) is 1. The highest BCUT2D eigenvalue weighted by Gasteiger charge is 2.20. The molecule has 1 aliphatic rings. The van der Waals surface area contributed by atoms with E-state index in [1.54, 1.807) is 6.92 Å². The fourth-order valence-electron chi connectivity index (χ4n) is 1.22. The lowest BCUT2D eigenvalue weighted by molar-refractivity contribution is -0.119. The second kappa shape index (κ2) is 4.45. The largest absolute Gasteiger partial charge is 0.368 e. The van der Waals surface area contributed by atoms with Crippen molar-refractivity contribution in [3.8, 4) is 0 Å². The maximum atomic E-state index is 10.6. The Bertz CT molecular complexity index is 155. The Morgan fingerprint density at radius 3 is 2.83 bits per heavy atom. The molecule has 0 heterocycles. The van der Waals surface area contributed by atoms with Crippen LogP contribution in [0.4, 0.5) is 0 Å². The van der Waals surface area contributed by atoms with Gasteiger partial charge >= 0.3 is 0 Å². The molecule has 1 aliphatic carbocycles. The second-order valence-corrected chi connectivity index (χ2v) is 3.66. The van der Waals surface area contributed by atoms with Crippen molar-refractivity contribution in [2.45, 2.75) is 38.6 Å². The van der Waals surface area contributed by atoms with E-state index in [4.69, 9.17) is 5.73 Å². The lowest BCUT2D eigenvalue weighted by Crippen LogP contribution is -2.39. The number of hydrogen-bond acceptors (Lipinski definition) is 2. The van der Waals surface area contributed by atoms with Gasteiger partial charge in [0.25, 0.3) is 0 Å². The number of carbonyl (C=O) groups is 1. The summed E-state index contributed by atoms with van der Waals surface area (Å²) in [4.78, 5) is 10.6. The Labute approximate surface area is 73.7 Å². The summed E-state index contributed by atoms with van der Waals surface area (Å²) in [5, 5.41) is 3.09. The fourth-order valence-corrected chi connectivity index (χ4v) is 1.22. The van der Waals surface area contributed by atoms with Gasteiger partial charge in [-0.25, -0.2) is 0 Å². The van der Waals surface area contributed by atoms with Crippen LogP contribution in [0.2, 0.25) is 0 Å². The van der Waals surface area contributed by atoms with Gasteiger partial charge in [-0.15, -0.1) is 0 Å². The molecule has 0 aromatic heterocycles. The summed E-state index contributed by atoms with van der Waals surface area (Å²) in [6.45, 7) is 2.72. The average Bonchev–Trinajstić information content (AvgIpc) is 2.80. The topological polar surface area (TPSA) is 55.1 Å². The molecule has 0 aromatic carbocycles. The quantitative estimate of drug-likeness (QED) is 0.575. The minimum absolute atomic E-state index is 0.177. The highest BCUT2D eigenvalue weighted by Crippen LogP contribution is 2.33. The molecule has 1 fully saturated rings. The van der Waals surface area contributed by atoms with Crippen LogP contribution in [0.25, 0.3) is 0 Å². The molecule has 0 spiro atoms. The van der Waals surface area contributed by atoms with E-state index in [1.165, 1.54) is 25.7 Å². The Morgan fingerprint density at radius 1 is 1.67 bits per heavy atom. The number of amides is 1. The zero-order valence-corrected chi connectivity index (χ0v) is 7.68. The van der Waals surface area contributed by atoms with Crippen LogP contribution in [0.15, 0.2) is 0 Å². The molecule has 0 bridgehead atoms. The highest BCUT2D eigenvalue weighted by atomic mass is 16.1. The van der Waals surface area contributed by atoms with E-state index in [1.807, 2.05) is 0 Å². The van der Waals surface area contributed by atoms with Crippen molar-refractivity contribution in [1.82, 2.24) is 5.32 Å². The number of hydrogen-bond donors (Lipinski definition) is 2. The van der Waals surface area contributed by atoms with Gasteiger partial charge in [-0.1, -0.05) is 12.8 Å². The molecule has 3 nitrogen and oxygen atoms in total. The summed E-state index contributed by atoms with van der Waals surface area (Å²) in [5.41, 5.74) is 5.09. The predicted octanol–water partition coefficient (Wildman–Crippen LogP) is 0.640. The molecule has 70 valence electrons. The average molecular weight is 170 g/mol. The summed E-state index contributed by atoms with van der Waals surface area (Å²) >= 11 is 0. The summed E-state index contributed by atoms with van der Waals surface area (Å²) in [5.74, 6) is 0.720. The zero-order chi connectivity index (χ0) is 8.97. The summed E-state index contributed by atoms with van der Waals surface area (Å²) in [6.07, 6.45) is 5.29. The first-order chi connectivity index (χ1) is 5.70. The van der Waals surface area contributed by atoms with Crippen molar-refractivity contribution in [3.63, 3.8) is 0 Å². The maximum absolute atomic E-state index is 10.6. The van der Waals surface area contributed by atoms with Gasteiger partial charge in [0.2, 0.25) is 5.91 Å². The number of primary amides is 1. The smallest absolute Gasteiger partial charge is 0.234 e. The first-order valence-corrected chi connectivity index (χ1v) is 4.73. The van der Waals surface area contributed by atoms with Crippen LogP contribution in [0.1, 0.15) is 32.6 Å². The van der Waals surface area contributed by atoms with Crippen molar-refractivity contribution in [1.29, 1.82) is 0 Å². The molecule has 1 saturated carbocycles. The van der Waals surface area contributed by atoms with Crippen LogP contribution in [0.3, 0.4) is 0 Å².